The number of aryl methyl sites for hydroxylation is 2. The number of carbonyl (C=O) groups is 1. The first-order valence-corrected chi connectivity index (χ1v) is 12.9. The van der Waals surface area contributed by atoms with Gasteiger partial charge >= 0.3 is 5.97 Å². The molecule has 5 aromatic rings. The zero-order chi connectivity index (χ0) is 26.8. The molecule has 5 rings (SSSR count). The molecule has 0 spiro atoms. The van der Waals surface area contributed by atoms with E-state index in [9.17, 15) is 9.90 Å². The first-order valence-electron chi connectivity index (χ1n) is 12.2. The van der Waals surface area contributed by atoms with Crippen LogP contribution in [-0.2, 0) is 13.0 Å². The quantitative estimate of drug-likeness (QED) is 0.210. The van der Waals surface area contributed by atoms with Crippen LogP contribution in [0.1, 0.15) is 40.7 Å². The Morgan fingerprint density at radius 2 is 1.82 bits per heavy atom. The largest absolute Gasteiger partial charge is 0.489 e. The van der Waals surface area contributed by atoms with Crippen LogP contribution in [0.5, 0.6) is 5.75 Å². The van der Waals surface area contributed by atoms with E-state index in [4.69, 9.17) is 32.5 Å². The number of halogens is 2. The second-order valence-electron chi connectivity index (χ2n) is 8.95. The molecule has 3 aromatic carbocycles. The highest BCUT2D eigenvalue weighted by molar-refractivity contribution is 6.39. The lowest BCUT2D eigenvalue weighted by Gasteiger charge is -2.12. The van der Waals surface area contributed by atoms with E-state index in [1.807, 2.05) is 43.3 Å². The third-order valence-electron chi connectivity index (χ3n) is 6.35. The molecular formula is C30H24Cl2N2O4. The molecule has 2 aromatic heterocycles. The molecule has 38 heavy (non-hydrogen) atoms. The lowest BCUT2D eigenvalue weighted by molar-refractivity contribution is 0.0691. The molecule has 0 unspecified atom stereocenters. The van der Waals surface area contributed by atoms with Crippen molar-refractivity contribution >= 4 is 40.1 Å². The van der Waals surface area contributed by atoms with Crippen LogP contribution in [0, 0.1) is 6.92 Å². The van der Waals surface area contributed by atoms with E-state index in [0.717, 1.165) is 46.2 Å². The van der Waals surface area contributed by atoms with Crippen molar-refractivity contribution in [1.82, 2.24) is 10.1 Å². The third kappa shape index (κ3) is 5.10. The van der Waals surface area contributed by atoms with Gasteiger partial charge < -0.3 is 14.4 Å². The number of rotatable bonds is 8. The third-order valence-corrected chi connectivity index (χ3v) is 6.98. The Morgan fingerprint density at radius 1 is 1.03 bits per heavy atom. The maximum Gasteiger partial charge on any atom is 0.354 e. The first kappa shape index (κ1) is 25.8. The molecule has 6 nitrogen and oxygen atoms in total. The van der Waals surface area contributed by atoms with Crippen LogP contribution in [0.4, 0.5) is 0 Å². The molecule has 8 heteroatoms. The Labute approximate surface area is 229 Å². The summed E-state index contributed by atoms with van der Waals surface area (Å²) >= 11 is 12.9. The number of carboxylic acid groups (broad SMARTS) is 1. The summed E-state index contributed by atoms with van der Waals surface area (Å²) in [7, 11) is 0. The predicted octanol–water partition coefficient (Wildman–Crippen LogP) is 8.40. The normalized spacial score (nSPS) is 11.2. The average molecular weight is 547 g/mol. The van der Waals surface area contributed by atoms with E-state index in [1.165, 1.54) is 6.07 Å². The summed E-state index contributed by atoms with van der Waals surface area (Å²) in [6, 6.07) is 20.3. The number of pyridine rings is 1. The van der Waals surface area contributed by atoms with Crippen LogP contribution >= 0.6 is 23.2 Å². The molecule has 192 valence electrons. The van der Waals surface area contributed by atoms with Crippen molar-refractivity contribution < 1.29 is 19.2 Å². The van der Waals surface area contributed by atoms with Gasteiger partial charge in [-0.2, -0.15) is 0 Å². The highest BCUT2D eigenvalue weighted by Gasteiger charge is 2.22. The van der Waals surface area contributed by atoms with Crippen molar-refractivity contribution in [3.05, 3.63) is 99.4 Å². The Hall–Kier alpha value is -3.87. The summed E-state index contributed by atoms with van der Waals surface area (Å²) in [4.78, 5) is 15.4. The number of fused-ring (bicyclic) bond motifs is 1. The molecule has 0 fully saturated rings. The standard InChI is InChI=1S/C30H24Cl2N2O4/c1-3-5-27-22(29(34-38-27)28-23(31)6-4-7-24(28)32)16-37-20-10-11-21(17(2)14-20)18-8-12-25-19(15-18)9-13-26(33-25)30(35)36/h4,6-15H,3,5,16H2,1-2H3,(H,35,36). The summed E-state index contributed by atoms with van der Waals surface area (Å²) in [5.74, 6) is 0.417. The van der Waals surface area contributed by atoms with Gasteiger partial charge in [-0.1, -0.05) is 59.5 Å². The highest BCUT2D eigenvalue weighted by atomic mass is 35.5. The molecule has 0 aliphatic rings. The Kier molecular flexibility index (Phi) is 7.36. The smallest absolute Gasteiger partial charge is 0.354 e. The van der Waals surface area contributed by atoms with Crippen molar-refractivity contribution in [1.29, 1.82) is 0 Å². The number of hydrogen-bond acceptors (Lipinski definition) is 5. The molecule has 0 aliphatic heterocycles. The first-order chi connectivity index (χ1) is 18.4. The van der Waals surface area contributed by atoms with E-state index < -0.39 is 5.97 Å². The number of aromatic carboxylic acids is 1. The van der Waals surface area contributed by atoms with E-state index >= 15 is 0 Å². The highest BCUT2D eigenvalue weighted by Crippen LogP contribution is 2.38. The van der Waals surface area contributed by atoms with Crippen LogP contribution in [0.25, 0.3) is 33.3 Å². The van der Waals surface area contributed by atoms with E-state index in [0.29, 0.717) is 32.6 Å². The van der Waals surface area contributed by atoms with E-state index in [1.54, 1.807) is 24.3 Å². The summed E-state index contributed by atoms with van der Waals surface area (Å²) in [5, 5.41) is 15.3. The zero-order valence-electron chi connectivity index (χ0n) is 20.8. The Balaban J connectivity index is 1.41. The van der Waals surface area contributed by atoms with Crippen molar-refractivity contribution in [3.63, 3.8) is 0 Å². The summed E-state index contributed by atoms with van der Waals surface area (Å²) in [5.41, 5.74) is 5.79. The summed E-state index contributed by atoms with van der Waals surface area (Å²) in [6.45, 7) is 4.35. The van der Waals surface area contributed by atoms with Crippen molar-refractivity contribution in [2.75, 3.05) is 0 Å². The monoisotopic (exact) mass is 546 g/mol. The predicted molar refractivity (Wildman–Crippen MR) is 149 cm³/mol. The molecule has 0 radical (unpaired) electrons. The molecule has 0 aliphatic carbocycles. The zero-order valence-corrected chi connectivity index (χ0v) is 22.3. The number of hydrogen-bond donors (Lipinski definition) is 1. The Morgan fingerprint density at radius 3 is 2.53 bits per heavy atom. The van der Waals surface area contributed by atoms with Crippen LogP contribution in [-0.4, -0.2) is 21.2 Å². The van der Waals surface area contributed by atoms with Crippen molar-refractivity contribution in [2.24, 2.45) is 0 Å². The van der Waals surface area contributed by atoms with Gasteiger partial charge in [-0.05, 0) is 72.5 Å². The van der Waals surface area contributed by atoms with Gasteiger partial charge in [0, 0.05) is 17.4 Å². The minimum atomic E-state index is -1.04. The SMILES string of the molecule is CCCc1onc(-c2c(Cl)cccc2Cl)c1COc1ccc(-c2ccc3nc(C(=O)O)ccc3c2)c(C)c1. The van der Waals surface area contributed by atoms with Crippen LogP contribution in [0.2, 0.25) is 10.0 Å². The molecule has 0 atom stereocenters. The van der Waals surface area contributed by atoms with Gasteiger partial charge in [0.15, 0.2) is 0 Å². The number of benzene rings is 3. The fraction of sp³-hybridized carbons (Fsp3) is 0.167. The molecule has 0 saturated heterocycles. The molecule has 1 N–H and O–H groups in total. The fourth-order valence-corrected chi connectivity index (χ4v) is 5.03. The lowest BCUT2D eigenvalue weighted by Crippen LogP contribution is -2.01. The van der Waals surface area contributed by atoms with Crippen molar-refractivity contribution in [3.8, 4) is 28.1 Å². The second kappa shape index (κ2) is 10.9. The lowest BCUT2D eigenvalue weighted by atomic mass is 9.98. The van der Waals surface area contributed by atoms with Crippen molar-refractivity contribution in [2.45, 2.75) is 33.3 Å². The molecular weight excluding hydrogens is 523 g/mol. The fourth-order valence-electron chi connectivity index (χ4n) is 4.45. The van der Waals surface area contributed by atoms with Crippen LogP contribution < -0.4 is 4.74 Å². The average Bonchev–Trinajstić information content (AvgIpc) is 3.29. The van der Waals surface area contributed by atoms with Crippen LogP contribution in [0.15, 0.2) is 71.3 Å². The minimum Gasteiger partial charge on any atom is -0.489 e. The van der Waals surface area contributed by atoms with E-state index in [2.05, 4.69) is 17.1 Å². The van der Waals surface area contributed by atoms with Gasteiger partial charge in [0.25, 0.3) is 0 Å². The molecule has 2 heterocycles. The Bertz CT molecular complexity index is 1640. The maximum atomic E-state index is 11.2. The van der Waals surface area contributed by atoms with Gasteiger partial charge in [-0.25, -0.2) is 9.78 Å². The van der Waals surface area contributed by atoms with Gasteiger partial charge in [-0.15, -0.1) is 0 Å². The van der Waals surface area contributed by atoms with Crippen LogP contribution in [0.3, 0.4) is 0 Å². The topological polar surface area (TPSA) is 85.5 Å². The molecule has 0 amide bonds. The number of nitrogens with zero attached hydrogens (tertiary/aromatic N) is 2. The molecule has 0 bridgehead atoms. The van der Waals surface area contributed by atoms with Gasteiger partial charge in [0.1, 0.15) is 29.5 Å². The van der Waals surface area contributed by atoms with E-state index in [-0.39, 0.29) is 12.3 Å². The number of carboxylic acids is 1. The minimum absolute atomic E-state index is 0.0258. The summed E-state index contributed by atoms with van der Waals surface area (Å²) < 4.78 is 11.9. The number of aromatic nitrogens is 2. The van der Waals surface area contributed by atoms with Gasteiger partial charge in [0.05, 0.1) is 21.1 Å². The van der Waals surface area contributed by atoms with Gasteiger partial charge in [-0.3, -0.25) is 0 Å². The maximum absolute atomic E-state index is 11.2. The second-order valence-corrected chi connectivity index (χ2v) is 9.77. The summed E-state index contributed by atoms with van der Waals surface area (Å²) in [6.07, 6.45) is 1.61. The molecule has 0 saturated carbocycles. The number of ether oxygens (including phenoxy) is 1. The van der Waals surface area contributed by atoms with Gasteiger partial charge in [0.2, 0.25) is 0 Å².